The smallest absolute Gasteiger partial charge is 0.237 e. The molecule has 0 saturated carbocycles. The molecule has 4 rings (SSSR count). The van der Waals surface area contributed by atoms with Gasteiger partial charge in [-0.3, -0.25) is 4.79 Å². The lowest BCUT2D eigenvalue weighted by atomic mass is 9.79. The highest BCUT2D eigenvalue weighted by Gasteiger charge is 2.50. The van der Waals surface area contributed by atoms with Crippen LogP contribution in [0.15, 0.2) is 36.5 Å². The maximum atomic E-state index is 12.6. The Bertz CT molecular complexity index is 751. The zero-order valence-electron chi connectivity index (χ0n) is 12.3. The van der Waals surface area contributed by atoms with Crippen LogP contribution in [0.25, 0.3) is 0 Å². The van der Waals surface area contributed by atoms with Gasteiger partial charge < -0.3 is 5.32 Å². The average Bonchev–Trinajstić information content (AvgIpc) is 2.98. The second kappa shape index (κ2) is 4.17. The molecule has 2 aromatic rings. The van der Waals surface area contributed by atoms with Crippen molar-refractivity contribution in [3.8, 4) is 0 Å². The van der Waals surface area contributed by atoms with Crippen LogP contribution < -0.4 is 5.32 Å². The summed E-state index contributed by atoms with van der Waals surface area (Å²) in [5.74, 6) is 1.34. The fraction of sp³-hybridized carbons (Fsp3) is 0.333. The number of nitrogens with one attached hydrogen (secondary N) is 1. The zero-order chi connectivity index (χ0) is 14.6. The molecule has 2 aliphatic rings. The van der Waals surface area contributed by atoms with Crippen molar-refractivity contribution in [3.63, 3.8) is 0 Å². The molecule has 0 radical (unpaired) electrons. The van der Waals surface area contributed by atoms with E-state index in [0.717, 1.165) is 24.2 Å². The van der Waals surface area contributed by atoms with Crippen LogP contribution in [0.3, 0.4) is 0 Å². The SMILES string of the molecule is CC(C)c1ccc2c(c1)C[C@]1(C2)C(=O)Nc2ncccc21. The molecule has 1 atom stereocenters. The topological polar surface area (TPSA) is 42.0 Å². The van der Waals surface area contributed by atoms with Gasteiger partial charge in [0.25, 0.3) is 0 Å². The van der Waals surface area contributed by atoms with E-state index in [2.05, 4.69) is 42.3 Å². The molecule has 0 bridgehead atoms. The Morgan fingerprint density at radius 1 is 1.19 bits per heavy atom. The Kier molecular flexibility index (Phi) is 2.49. The van der Waals surface area contributed by atoms with Gasteiger partial charge >= 0.3 is 0 Å². The number of amides is 1. The first-order valence-electron chi connectivity index (χ1n) is 7.49. The van der Waals surface area contributed by atoms with Gasteiger partial charge in [-0.05, 0) is 41.5 Å². The molecule has 1 N–H and O–H groups in total. The third-order valence-corrected chi connectivity index (χ3v) is 4.87. The summed E-state index contributed by atoms with van der Waals surface area (Å²) in [6.45, 7) is 4.40. The van der Waals surface area contributed by atoms with E-state index < -0.39 is 5.41 Å². The van der Waals surface area contributed by atoms with Gasteiger partial charge in [-0.1, -0.05) is 38.1 Å². The highest BCUT2D eigenvalue weighted by molar-refractivity contribution is 6.06. The fourth-order valence-electron chi connectivity index (χ4n) is 3.65. The standard InChI is InChI=1S/C18H18N2O/c1-11(2)12-5-6-13-9-18(10-14(13)8-12)15-4-3-7-19-16(15)20-17(18)21/h3-8,11H,9-10H2,1-2H3,(H,19,20,21)/t18-/m0/s1. The number of fused-ring (bicyclic) bond motifs is 3. The summed E-state index contributed by atoms with van der Waals surface area (Å²) in [5.41, 5.74) is 4.56. The van der Waals surface area contributed by atoms with Gasteiger partial charge in [0.15, 0.2) is 0 Å². The molecule has 1 amide bonds. The van der Waals surface area contributed by atoms with E-state index in [1.54, 1.807) is 6.20 Å². The summed E-state index contributed by atoms with van der Waals surface area (Å²) in [6.07, 6.45) is 3.30. The minimum absolute atomic E-state index is 0.0958. The van der Waals surface area contributed by atoms with Crippen molar-refractivity contribution >= 4 is 11.7 Å². The normalized spacial score (nSPS) is 22.5. The van der Waals surface area contributed by atoms with Crippen LogP contribution >= 0.6 is 0 Å². The van der Waals surface area contributed by atoms with Gasteiger partial charge in [-0.15, -0.1) is 0 Å². The molecule has 3 heteroatoms. The van der Waals surface area contributed by atoms with E-state index in [1.165, 1.54) is 16.7 Å². The summed E-state index contributed by atoms with van der Waals surface area (Å²) in [6, 6.07) is 10.6. The molecule has 1 spiro atoms. The van der Waals surface area contributed by atoms with Gasteiger partial charge in [-0.25, -0.2) is 4.98 Å². The van der Waals surface area contributed by atoms with E-state index in [9.17, 15) is 4.79 Å². The molecular weight excluding hydrogens is 260 g/mol. The number of hydrogen-bond acceptors (Lipinski definition) is 2. The molecule has 1 aromatic heterocycles. The number of anilines is 1. The molecule has 2 heterocycles. The number of rotatable bonds is 1. The summed E-state index contributed by atoms with van der Waals surface area (Å²) >= 11 is 0. The van der Waals surface area contributed by atoms with Gasteiger partial charge in [-0.2, -0.15) is 0 Å². The Labute approximate surface area is 124 Å². The lowest BCUT2D eigenvalue weighted by Gasteiger charge is -2.20. The molecule has 0 saturated heterocycles. The highest BCUT2D eigenvalue weighted by Crippen LogP contribution is 2.46. The Hall–Kier alpha value is -2.16. The third kappa shape index (κ3) is 1.67. The van der Waals surface area contributed by atoms with Crippen LogP contribution in [-0.2, 0) is 23.1 Å². The molecule has 1 aliphatic heterocycles. The van der Waals surface area contributed by atoms with Crippen LogP contribution in [-0.4, -0.2) is 10.9 Å². The van der Waals surface area contributed by atoms with Gasteiger partial charge in [0.1, 0.15) is 5.82 Å². The van der Waals surface area contributed by atoms with E-state index in [1.807, 2.05) is 12.1 Å². The quantitative estimate of drug-likeness (QED) is 0.870. The minimum Gasteiger partial charge on any atom is -0.310 e. The lowest BCUT2D eigenvalue weighted by Crippen LogP contribution is -2.35. The van der Waals surface area contributed by atoms with Crippen LogP contribution in [0, 0.1) is 0 Å². The second-order valence-electron chi connectivity index (χ2n) is 6.47. The first-order chi connectivity index (χ1) is 10.1. The highest BCUT2D eigenvalue weighted by atomic mass is 16.2. The maximum absolute atomic E-state index is 12.6. The Morgan fingerprint density at radius 2 is 2.00 bits per heavy atom. The third-order valence-electron chi connectivity index (χ3n) is 4.87. The predicted molar refractivity (Wildman–Crippen MR) is 82.5 cm³/mol. The summed E-state index contributed by atoms with van der Waals surface area (Å²) in [7, 11) is 0. The molecule has 3 nitrogen and oxygen atoms in total. The van der Waals surface area contributed by atoms with E-state index in [0.29, 0.717) is 5.92 Å². The minimum atomic E-state index is -0.443. The fourth-order valence-corrected chi connectivity index (χ4v) is 3.65. The van der Waals surface area contributed by atoms with Crippen LogP contribution in [0.2, 0.25) is 0 Å². The molecule has 1 aliphatic carbocycles. The number of benzene rings is 1. The van der Waals surface area contributed by atoms with Crippen molar-refractivity contribution < 1.29 is 4.79 Å². The molecule has 106 valence electrons. The number of aromatic nitrogens is 1. The first kappa shape index (κ1) is 12.6. The van der Waals surface area contributed by atoms with Gasteiger partial charge in [0, 0.05) is 11.8 Å². The monoisotopic (exact) mass is 278 g/mol. The molecular formula is C18H18N2O. The Morgan fingerprint density at radius 3 is 2.81 bits per heavy atom. The number of nitrogens with zero attached hydrogens (tertiary/aromatic N) is 1. The van der Waals surface area contributed by atoms with E-state index in [4.69, 9.17) is 0 Å². The number of carbonyl (C=O) groups excluding carboxylic acids is 1. The summed E-state index contributed by atoms with van der Waals surface area (Å²) in [5, 5.41) is 2.95. The van der Waals surface area contributed by atoms with Crippen molar-refractivity contribution in [3.05, 3.63) is 58.8 Å². The van der Waals surface area contributed by atoms with Gasteiger partial charge in [0.05, 0.1) is 5.41 Å². The summed E-state index contributed by atoms with van der Waals surface area (Å²) in [4.78, 5) is 16.9. The van der Waals surface area contributed by atoms with E-state index >= 15 is 0 Å². The van der Waals surface area contributed by atoms with Crippen molar-refractivity contribution in [1.29, 1.82) is 0 Å². The lowest BCUT2D eigenvalue weighted by molar-refractivity contribution is -0.120. The predicted octanol–water partition coefficient (Wildman–Crippen LogP) is 3.19. The molecule has 1 aromatic carbocycles. The van der Waals surface area contributed by atoms with Crippen molar-refractivity contribution in [1.82, 2.24) is 4.98 Å². The van der Waals surface area contributed by atoms with E-state index in [-0.39, 0.29) is 5.91 Å². The zero-order valence-corrected chi connectivity index (χ0v) is 12.3. The molecule has 0 unspecified atom stereocenters. The average molecular weight is 278 g/mol. The van der Waals surface area contributed by atoms with Crippen molar-refractivity contribution in [2.75, 3.05) is 5.32 Å². The van der Waals surface area contributed by atoms with Crippen molar-refractivity contribution in [2.45, 2.75) is 38.0 Å². The largest absolute Gasteiger partial charge is 0.310 e. The summed E-state index contributed by atoms with van der Waals surface area (Å²) < 4.78 is 0. The number of hydrogen-bond donors (Lipinski definition) is 1. The first-order valence-corrected chi connectivity index (χ1v) is 7.49. The van der Waals surface area contributed by atoms with Gasteiger partial charge in [0.2, 0.25) is 5.91 Å². The van der Waals surface area contributed by atoms with Crippen molar-refractivity contribution in [2.24, 2.45) is 0 Å². The van der Waals surface area contributed by atoms with Crippen LogP contribution in [0.5, 0.6) is 0 Å². The number of pyridine rings is 1. The van der Waals surface area contributed by atoms with Crippen LogP contribution in [0.1, 0.15) is 42.0 Å². The van der Waals surface area contributed by atoms with Crippen LogP contribution in [0.4, 0.5) is 5.82 Å². The Balaban J connectivity index is 1.81. The molecule has 0 fully saturated rings. The number of carbonyl (C=O) groups is 1. The second-order valence-corrected chi connectivity index (χ2v) is 6.47. The maximum Gasteiger partial charge on any atom is 0.237 e. The molecule has 21 heavy (non-hydrogen) atoms.